The van der Waals surface area contributed by atoms with Crippen molar-refractivity contribution in [2.75, 3.05) is 5.32 Å². The van der Waals surface area contributed by atoms with Crippen molar-refractivity contribution in [1.29, 1.82) is 0 Å². The van der Waals surface area contributed by atoms with Crippen LogP contribution in [0.1, 0.15) is 33.7 Å². The second-order valence-electron chi connectivity index (χ2n) is 7.58. The summed E-state index contributed by atoms with van der Waals surface area (Å²) in [5.41, 5.74) is 4.60. The Hall–Kier alpha value is -4.07. The van der Waals surface area contributed by atoms with Crippen LogP contribution >= 0.6 is 0 Å². The first-order valence-corrected chi connectivity index (χ1v) is 10.3. The Morgan fingerprint density at radius 3 is 2.62 bits per heavy atom. The van der Waals surface area contributed by atoms with Crippen LogP contribution in [0.15, 0.2) is 60.9 Å². The average molecular weight is 429 g/mol. The lowest BCUT2D eigenvalue weighted by molar-refractivity contribution is 0.102. The van der Waals surface area contributed by atoms with Crippen LogP contribution in [0, 0.1) is 12.7 Å². The topological polar surface area (TPSA) is 81.9 Å². The highest BCUT2D eigenvalue weighted by Crippen LogP contribution is 2.29. The number of aryl methyl sites for hydroxylation is 1. The van der Waals surface area contributed by atoms with Gasteiger partial charge >= 0.3 is 6.01 Å². The Bertz CT molecular complexity index is 1290. The summed E-state index contributed by atoms with van der Waals surface area (Å²) in [5.74, 6) is -0.00222. The molecule has 0 saturated heterocycles. The van der Waals surface area contributed by atoms with Crippen LogP contribution in [-0.4, -0.2) is 25.7 Å². The fourth-order valence-corrected chi connectivity index (χ4v) is 3.88. The van der Waals surface area contributed by atoms with E-state index < -0.39 is 0 Å². The first-order valence-electron chi connectivity index (χ1n) is 10.3. The molecule has 4 aromatic rings. The van der Waals surface area contributed by atoms with Crippen LogP contribution in [0.25, 0.3) is 5.69 Å². The van der Waals surface area contributed by atoms with Crippen LogP contribution < -0.4 is 10.1 Å². The van der Waals surface area contributed by atoms with E-state index in [-0.39, 0.29) is 17.7 Å². The minimum atomic E-state index is -0.308. The van der Waals surface area contributed by atoms with Gasteiger partial charge in [-0.3, -0.25) is 4.79 Å². The number of carbonyl (C=O) groups excluding carboxylic acids is 1. The molecular weight excluding hydrogens is 409 g/mol. The van der Waals surface area contributed by atoms with Crippen molar-refractivity contribution in [3.63, 3.8) is 0 Å². The fourth-order valence-electron chi connectivity index (χ4n) is 3.88. The van der Waals surface area contributed by atoms with E-state index in [2.05, 4.69) is 20.4 Å². The van der Waals surface area contributed by atoms with E-state index in [0.29, 0.717) is 17.1 Å². The zero-order chi connectivity index (χ0) is 22.1. The molecule has 0 saturated carbocycles. The number of ether oxygens (including phenoxy) is 1. The van der Waals surface area contributed by atoms with Gasteiger partial charge < -0.3 is 10.1 Å². The number of amides is 1. The average Bonchev–Trinajstić information content (AvgIpc) is 3.40. The molecule has 1 aliphatic rings. The smallest absolute Gasteiger partial charge is 0.321 e. The summed E-state index contributed by atoms with van der Waals surface area (Å²) in [6.07, 6.45) is 5.80. The van der Waals surface area contributed by atoms with Crippen LogP contribution in [0.4, 0.5) is 10.1 Å². The van der Waals surface area contributed by atoms with Gasteiger partial charge in [-0.1, -0.05) is 0 Å². The number of halogens is 1. The van der Waals surface area contributed by atoms with Gasteiger partial charge in [0.25, 0.3) is 5.91 Å². The molecule has 7 nitrogen and oxygen atoms in total. The number of anilines is 1. The Balaban J connectivity index is 1.38. The molecule has 2 heterocycles. The molecule has 0 unspecified atom stereocenters. The number of hydrogen-bond donors (Lipinski definition) is 1. The molecule has 160 valence electrons. The van der Waals surface area contributed by atoms with Gasteiger partial charge in [-0.25, -0.2) is 19.0 Å². The molecule has 32 heavy (non-hydrogen) atoms. The molecule has 1 N–H and O–H groups in total. The Morgan fingerprint density at radius 1 is 1.09 bits per heavy atom. The van der Waals surface area contributed by atoms with E-state index in [4.69, 9.17) is 4.74 Å². The SMILES string of the molecule is Cc1cc(Oc2ncccn2)ccc1NC(=O)c1nn(-c2ccc(F)cc2)c2c1CCC2. The van der Waals surface area contributed by atoms with Crippen LogP contribution in [0.3, 0.4) is 0 Å². The summed E-state index contributed by atoms with van der Waals surface area (Å²) in [4.78, 5) is 21.2. The second-order valence-corrected chi connectivity index (χ2v) is 7.58. The Labute approximate surface area is 183 Å². The van der Waals surface area contributed by atoms with Gasteiger partial charge in [-0.05, 0) is 80.3 Å². The summed E-state index contributed by atoms with van der Waals surface area (Å²) in [7, 11) is 0. The molecule has 0 bridgehead atoms. The first-order chi connectivity index (χ1) is 15.6. The zero-order valence-corrected chi connectivity index (χ0v) is 17.4. The lowest BCUT2D eigenvalue weighted by atomic mass is 10.1. The Kier molecular flexibility index (Phi) is 5.10. The van der Waals surface area contributed by atoms with Gasteiger partial charge in [-0.15, -0.1) is 0 Å². The largest absolute Gasteiger partial charge is 0.424 e. The first kappa shape index (κ1) is 19.9. The number of nitrogens with one attached hydrogen (secondary N) is 1. The molecule has 0 atom stereocenters. The maximum atomic E-state index is 13.3. The highest BCUT2D eigenvalue weighted by molar-refractivity contribution is 6.04. The van der Waals surface area contributed by atoms with Crippen LogP contribution in [-0.2, 0) is 12.8 Å². The van der Waals surface area contributed by atoms with Gasteiger partial charge in [-0.2, -0.15) is 5.10 Å². The number of benzene rings is 2. The molecule has 2 aromatic heterocycles. The minimum absolute atomic E-state index is 0.255. The predicted molar refractivity (Wildman–Crippen MR) is 117 cm³/mol. The molecule has 0 spiro atoms. The molecule has 5 rings (SSSR count). The quantitative estimate of drug-likeness (QED) is 0.500. The van der Waals surface area contributed by atoms with Gasteiger partial charge in [0.1, 0.15) is 11.6 Å². The number of fused-ring (bicyclic) bond motifs is 1. The molecule has 1 amide bonds. The maximum absolute atomic E-state index is 13.3. The third kappa shape index (κ3) is 3.82. The second kappa shape index (κ2) is 8.22. The molecule has 0 aliphatic heterocycles. The highest BCUT2D eigenvalue weighted by Gasteiger charge is 2.27. The van der Waals surface area contributed by atoms with Crippen molar-refractivity contribution in [3.05, 3.63) is 89.3 Å². The molecule has 8 heteroatoms. The van der Waals surface area contributed by atoms with E-state index >= 15 is 0 Å². The van der Waals surface area contributed by atoms with Gasteiger partial charge in [0, 0.05) is 29.3 Å². The van der Waals surface area contributed by atoms with E-state index in [9.17, 15) is 9.18 Å². The molecular formula is C24H20FN5O2. The van der Waals surface area contributed by atoms with Crippen molar-refractivity contribution in [1.82, 2.24) is 19.7 Å². The predicted octanol–water partition coefficient (Wildman–Crippen LogP) is 4.64. The highest BCUT2D eigenvalue weighted by atomic mass is 19.1. The van der Waals surface area contributed by atoms with Crippen LogP contribution in [0.2, 0.25) is 0 Å². The summed E-state index contributed by atoms with van der Waals surface area (Å²) < 4.78 is 20.7. The third-order valence-electron chi connectivity index (χ3n) is 5.41. The van der Waals surface area contributed by atoms with Gasteiger partial charge in [0.15, 0.2) is 5.69 Å². The monoisotopic (exact) mass is 429 g/mol. The Morgan fingerprint density at radius 2 is 1.88 bits per heavy atom. The molecule has 0 fully saturated rings. The third-order valence-corrected chi connectivity index (χ3v) is 5.41. The number of aromatic nitrogens is 4. The van der Waals surface area contributed by atoms with Crippen molar-refractivity contribution in [2.45, 2.75) is 26.2 Å². The summed E-state index contributed by atoms with van der Waals surface area (Å²) in [6.45, 7) is 1.88. The van der Waals surface area contributed by atoms with Crippen molar-refractivity contribution in [2.24, 2.45) is 0 Å². The maximum Gasteiger partial charge on any atom is 0.321 e. The van der Waals surface area contributed by atoms with Gasteiger partial charge in [0.05, 0.1) is 5.69 Å². The van der Waals surface area contributed by atoms with Crippen molar-refractivity contribution >= 4 is 11.6 Å². The molecule has 2 aromatic carbocycles. The normalized spacial score (nSPS) is 12.4. The number of carbonyl (C=O) groups is 1. The summed E-state index contributed by atoms with van der Waals surface area (Å²) in [5, 5.41) is 7.53. The number of rotatable bonds is 5. The standard InChI is InChI=1S/C24H20FN5O2/c1-15-14-18(32-24-26-12-3-13-27-24)10-11-20(15)28-23(31)22-19-4-2-5-21(19)30(29-22)17-8-6-16(25)7-9-17/h3,6-14H,2,4-5H2,1H3,(H,28,31). The number of hydrogen-bond acceptors (Lipinski definition) is 5. The zero-order valence-electron chi connectivity index (χ0n) is 17.4. The van der Waals surface area contributed by atoms with Crippen molar-refractivity contribution < 1.29 is 13.9 Å². The van der Waals surface area contributed by atoms with Crippen LogP contribution in [0.5, 0.6) is 11.8 Å². The summed E-state index contributed by atoms with van der Waals surface area (Å²) >= 11 is 0. The lowest BCUT2D eigenvalue weighted by Crippen LogP contribution is -2.15. The minimum Gasteiger partial charge on any atom is -0.424 e. The van der Waals surface area contributed by atoms with E-state index in [1.165, 1.54) is 12.1 Å². The lowest BCUT2D eigenvalue weighted by Gasteiger charge is -2.10. The van der Waals surface area contributed by atoms with E-state index in [0.717, 1.165) is 41.8 Å². The molecule has 1 aliphatic carbocycles. The van der Waals surface area contributed by atoms with E-state index in [1.807, 2.05) is 13.0 Å². The molecule has 0 radical (unpaired) electrons. The fraction of sp³-hybridized carbons (Fsp3) is 0.167. The summed E-state index contributed by atoms with van der Waals surface area (Å²) in [6, 6.07) is 13.4. The van der Waals surface area contributed by atoms with Gasteiger partial charge in [0.2, 0.25) is 0 Å². The van der Waals surface area contributed by atoms with E-state index in [1.54, 1.807) is 47.4 Å². The van der Waals surface area contributed by atoms with Crippen molar-refractivity contribution in [3.8, 4) is 17.4 Å². The number of nitrogens with zero attached hydrogens (tertiary/aromatic N) is 4.